The normalized spacial score (nSPS) is 10.7. The first-order chi connectivity index (χ1) is 11.1. The Morgan fingerprint density at radius 1 is 1.13 bits per heavy atom. The van der Waals surface area contributed by atoms with Gasteiger partial charge in [0.15, 0.2) is 11.4 Å². The Morgan fingerprint density at radius 2 is 1.87 bits per heavy atom. The van der Waals surface area contributed by atoms with E-state index in [1.807, 2.05) is 24.3 Å². The van der Waals surface area contributed by atoms with Crippen LogP contribution in [0.1, 0.15) is 17.3 Å². The van der Waals surface area contributed by atoms with Gasteiger partial charge in [-0.3, -0.25) is 9.59 Å². The van der Waals surface area contributed by atoms with E-state index in [0.717, 1.165) is 5.52 Å². The fraction of sp³-hybridized carbons (Fsp3) is 0.118. The Hall–Kier alpha value is -2.60. The molecule has 116 valence electrons. The van der Waals surface area contributed by atoms with Crippen molar-refractivity contribution < 1.29 is 14.0 Å². The number of thioether (sulfide) groups is 1. The molecule has 0 saturated heterocycles. The smallest absolute Gasteiger partial charge is 0.257 e. The molecule has 6 heteroatoms. The number of rotatable bonds is 5. The lowest BCUT2D eigenvalue weighted by Crippen LogP contribution is -2.16. The van der Waals surface area contributed by atoms with Gasteiger partial charge in [0.25, 0.3) is 5.22 Å². The Balaban J connectivity index is 1.65. The number of hydrogen-bond donors (Lipinski definition) is 1. The first kappa shape index (κ1) is 15.3. The van der Waals surface area contributed by atoms with Crippen LogP contribution in [0.15, 0.2) is 58.2 Å². The number of Topliss-reactive ketones (excluding diaryl/α,β-unsaturated/α-hetero) is 1. The molecule has 5 nitrogen and oxygen atoms in total. The van der Waals surface area contributed by atoms with Gasteiger partial charge < -0.3 is 9.73 Å². The molecule has 0 aliphatic rings. The van der Waals surface area contributed by atoms with Crippen LogP contribution in [0.4, 0.5) is 5.69 Å². The van der Waals surface area contributed by atoms with Crippen molar-refractivity contribution in [2.45, 2.75) is 12.1 Å². The van der Waals surface area contributed by atoms with Crippen molar-refractivity contribution in [2.75, 3.05) is 11.1 Å². The zero-order valence-corrected chi connectivity index (χ0v) is 13.2. The monoisotopic (exact) mass is 326 g/mol. The van der Waals surface area contributed by atoms with Crippen molar-refractivity contribution in [3.8, 4) is 0 Å². The molecule has 1 aromatic heterocycles. The number of nitrogens with one attached hydrogen (secondary N) is 1. The topological polar surface area (TPSA) is 72.2 Å². The Bertz CT molecular complexity index is 840. The molecule has 0 aliphatic carbocycles. The fourth-order valence-corrected chi connectivity index (χ4v) is 2.76. The molecule has 1 heterocycles. The predicted molar refractivity (Wildman–Crippen MR) is 89.8 cm³/mol. The number of hydrogen-bond acceptors (Lipinski definition) is 5. The van der Waals surface area contributed by atoms with Gasteiger partial charge in [0.05, 0.1) is 11.4 Å². The molecule has 3 rings (SSSR count). The number of carbonyl (C=O) groups excluding carboxylic acids is 2. The maximum atomic E-state index is 12.1. The first-order valence-corrected chi connectivity index (χ1v) is 8.00. The Labute approximate surface area is 137 Å². The number of nitrogens with zero attached hydrogens (tertiary/aromatic N) is 1. The van der Waals surface area contributed by atoms with Gasteiger partial charge in [0, 0.05) is 5.56 Å². The number of para-hydroxylation sites is 3. The van der Waals surface area contributed by atoms with Gasteiger partial charge in [0.2, 0.25) is 5.91 Å². The highest BCUT2D eigenvalue weighted by Gasteiger charge is 2.12. The highest BCUT2D eigenvalue weighted by molar-refractivity contribution is 7.99. The molecule has 2 aromatic carbocycles. The zero-order valence-electron chi connectivity index (χ0n) is 12.4. The Kier molecular flexibility index (Phi) is 4.43. The van der Waals surface area contributed by atoms with Gasteiger partial charge in [-0.25, -0.2) is 4.98 Å². The van der Waals surface area contributed by atoms with Crippen molar-refractivity contribution in [3.63, 3.8) is 0 Å². The predicted octanol–water partition coefficient (Wildman–Crippen LogP) is 3.76. The van der Waals surface area contributed by atoms with Crippen LogP contribution in [-0.2, 0) is 4.79 Å². The number of ketones is 1. The number of amides is 1. The van der Waals surface area contributed by atoms with Gasteiger partial charge in [-0.1, -0.05) is 36.0 Å². The van der Waals surface area contributed by atoms with Gasteiger partial charge >= 0.3 is 0 Å². The van der Waals surface area contributed by atoms with E-state index in [2.05, 4.69) is 10.3 Å². The van der Waals surface area contributed by atoms with E-state index in [9.17, 15) is 9.59 Å². The minimum Gasteiger partial charge on any atom is -0.431 e. The highest BCUT2D eigenvalue weighted by atomic mass is 32.2. The van der Waals surface area contributed by atoms with Crippen molar-refractivity contribution >= 4 is 40.2 Å². The summed E-state index contributed by atoms with van der Waals surface area (Å²) in [5.74, 6) is -0.155. The molecule has 0 unspecified atom stereocenters. The van der Waals surface area contributed by atoms with E-state index in [-0.39, 0.29) is 17.4 Å². The van der Waals surface area contributed by atoms with E-state index < -0.39 is 0 Å². The van der Waals surface area contributed by atoms with E-state index in [4.69, 9.17) is 4.42 Å². The third kappa shape index (κ3) is 3.60. The summed E-state index contributed by atoms with van der Waals surface area (Å²) in [4.78, 5) is 27.9. The molecule has 23 heavy (non-hydrogen) atoms. The summed E-state index contributed by atoms with van der Waals surface area (Å²) >= 11 is 1.21. The van der Waals surface area contributed by atoms with Crippen LogP contribution in [0.5, 0.6) is 0 Å². The number of fused-ring (bicyclic) bond motifs is 1. The number of carbonyl (C=O) groups is 2. The zero-order chi connectivity index (χ0) is 16.2. The summed E-state index contributed by atoms with van der Waals surface area (Å²) in [6.45, 7) is 1.47. The minimum absolute atomic E-state index is 0.0903. The summed E-state index contributed by atoms with van der Waals surface area (Å²) < 4.78 is 5.55. The van der Waals surface area contributed by atoms with Crippen molar-refractivity contribution in [3.05, 3.63) is 54.1 Å². The van der Waals surface area contributed by atoms with Crippen LogP contribution < -0.4 is 5.32 Å². The SMILES string of the molecule is CC(=O)c1ccccc1NC(=O)CSc1nc2ccccc2o1. The van der Waals surface area contributed by atoms with Crippen LogP contribution in [-0.4, -0.2) is 22.4 Å². The number of oxazole rings is 1. The minimum atomic E-state index is -0.217. The summed E-state index contributed by atoms with van der Waals surface area (Å²) in [6.07, 6.45) is 0. The van der Waals surface area contributed by atoms with Crippen molar-refractivity contribution in [2.24, 2.45) is 0 Å². The van der Waals surface area contributed by atoms with Crippen molar-refractivity contribution in [1.29, 1.82) is 0 Å². The summed E-state index contributed by atoms with van der Waals surface area (Å²) in [5.41, 5.74) is 2.46. The second-order valence-corrected chi connectivity index (χ2v) is 5.81. The van der Waals surface area contributed by atoms with Gasteiger partial charge in [0.1, 0.15) is 5.52 Å². The molecule has 1 N–H and O–H groups in total. The van der Waals surface area contributed by atoms with Gasteiger partial charge in [-0.15, -0.1) is 0 Å². The third-order valence-corrected chi connectivity index (χ3v) is 4.01. The summed E-state index contributed by atoms with van der Waals surface area (Å²) in [6, 6.07) is 14.4. The van der Waals surface area contributed by atoms with Crippen LogP contribution in [0.25, 0.3) is 11.1 Å². The van der Waals surface area contributed by atoms with Crippen LogP contribution >= 0.6 is 11.8 Å². The molecule has 0 atom stereocenters. The molecule has 0 spiro atoms. The second-order valence-electron chi connectivity index (χ2n) is 4.89. The number of anilines is 1. The lowest BCUT2D eigenvalue weighted by atomic mass is 10.1. The number of aromatic nitrogens is 1. The third-order valence-electron chi connectivity index (χ3n) is 3.18. The maximum absolute atomic E-state index is 12.1. The molecular formula is C17H14N2O3S. The van der Waals surface area contributed by atoms with Gasteiger partial charge in [-0.05, 0) is 31.2 Å². The Morgan fingerprint density at radius 3 is 2.65 bits per heavy atom. The van der Waals surface area contributed by atoms with E-state index in [1.54, 1.807) is 24.3 Å². The average molecular weight is 326 g/mol. The molecule has 0 bridgehead atoms. The second kappa shape index (κ2) is 6.66. The standard InChI is InChI=1S/C17H14N2O3S/c1-11(20)12-6-2-3-7-13(12)18-16(21)10-23-17-19-14-8-4-5-9-15(14)22-17/h2-9H,10H2,1H3,(H,18,21). The molecule has 0 radical (unpaired) electrons. The molecule has 1 amide bonds. The van der Waals surface area contributed by atoms with Crippen molar-refractivity contribution in [1.82, 2.24) is 4.98 Å². The molecule has 0 fully saturated rings. The van der Waals surface area contributed by atoms with Crippen LogP contribution in [0, 0.1) is 0 Å². The maximum Gasteiger partial charge on any atom is 0.257 e. The van der Waals surface area contributed by atoms with E-state index in [1.165, 1.54) is 18.7 Å². The molecular weight excluding hydrogens is 312 g/mol. The number of benzene rings is 2. The lowest BCUT2D eigenvalue weighted by Gasteiger charge is -2.08. The average Bonchev–Trinajstić information content (AvgIpc) is 2.96. The molecule has 0 saturated carbocycles. The van der Waals surface area contributed by atoms with Gasteiger partial charge in [-0.2, -0.15) is 0 Å². The van der Waals surface area contributed by atoms with Crippen LogP contribution in [0.2, 0.25) is 0 Å². The van der Waals surface area contributed by atoms with Crippen LogP contribution in [0.3, 0.4) is 0 Å². The van der Waals surface area contributed by atoms with E-state index >= 15 is 0 Å². The summed E-state index contributed by atoms with van der Waals surface area (Å²) in [5, 5.41) is 3.19. The fourth-order valence-electron chi connectivity index (χ4n) is 2.13. The summed E-state index contributed by atoms with van der Waals surface area (Å²) in [7, 11) is 0. The van der Waals surface area contributed by atoms with E-state index in [0.29, 0.717) is 22.1 Å². The quantitative estimate of drug-likeness (QED) is 0.571. The molecule has 0 aliphatic heterocycles. The first-order valence-electron chi connectivity index (χ1n) is 7.01. The highest BCUT2D eigenvalue weighted by Crippen LogP contribution is 2.23. The molecule has 3 aromatic rings. The lowest BCUT2D eigenvalue weighted by molar-refractivity contribution is -0.113. The largest absolute Gasteiger partial charge is 0.431 e.